The van der Waals surface area contributed by atoms with Gasteiger partial charge in [0.25, 0.3) is 0 Å². The van der Waals surface area contributed by atoms with Crippen LogP contribution >= 0.6 is 0 Å². The summed E-state index contributed by atoms with van der Waals surface area (Å²) in [6.45, 7) is 4.17. The highest BCUT2D eigenvalue weighted by Gasteiger charge is 2.30. The van der Waals surface area contributed by atoms with Gasteiger partial charge in [-0.3, -0.25) is 4.79 Å². The number of carbonyl (C=O) groups excluding carboxylic acids is 1. The number of nitrogens with one attached hydrogen (secondary N) is 1. The van der Waals surface area contributed by atoms with E-state index in [9.17, 15) is 9.90 Å². The van der Waals surface area contributed by atoms with Crippen molar-refractivity contribution in [1.29, 1.82) is 0 Å². The Kier molecular flexibility index (Phi) is 4.59. The predicted octanol–water partition coefficient (Wildman–Crippen LogP) is 3.04. The molecule has 2 N–H and O–H groups in total. The summed E-state index contributed by atoms with van der Waals surface area (Å²) < 4.78 is 0. The largest absolute Gasteiger partial charge is 0.396 e. The molecule has 0 bridgehead atoms. The van der Waals surface area contributed by atoms with Crippen LogP contribution in [0, 0.1) is 25.7 Å². The average molecular weight is 261 g/mol. The van der Waals surface area contributed by atoms with Gasteiger partial charge in [0.15, 0.2) is 0 Å². The lowest BCUT2D eigenvalue weighted by atomic mass is 9.79. The van der Waals surface area contributed by atoms with E-state index in [-0.39, 0.29) is 24.3 Å². The zero-order chi connectivity index (χ0) is 13.8. The summed E-state index contributed by atoms with van der Waals surface area (Å²) in [6, 6.07) is 6.03. The van der Waals surface area contributed by atoms with Gasteiger partial charge in [0.05, 0.1) is 0 Å². The molecule has 19 heavy (non-hydrogen) atoms. The van der Waals surface area contributed by atoms with Gasteiger partial charge in [0, 0.05) is 18.2 Å². The minimum Gasteiger partial charge on any atom is -0.396 e. The number of aliphatic hydroxyl groups excluding tert-OH is 1. The highest BCUT2D eigenvalue weighted by atomic mass is 16.3. The molecule has 1 aliphatic carbocycles. The van der Waals surface area contributed by atoms with Crippen molar-refractivity contribution in [3.63, 3.8) is 0 Å². The Morgan fingerprint density at radius 2 is 2.05 bits per heavy atom. The maximum absolute atomic E-state index is 12.4. The van der Waals surface area contributed by atoms with Gasteiger partial charge in [-0.15, -0.1) is 0 Å². The van der Waals surface area contributed by atoms with Crippen molar-refractivity contribution in [2.24, 2.45) is 11.8 Å². The first-order chi connectivity index (χ1) is 9.11. The Hall–Kier alpha value is -1.35. The van der Waals surface area contributed by atoms with E-state index in [1.165, 1.54) is 5.56 Å². The molecule has 0 heterocycles. The number of carbonyl (C=O) groups is 1. The highest BCUT2D eigenvalue weighted by molar-refractivity contribution is 5.93. The third-order valence-electron chi connectivity index (χ3n) is 4.12. The van der Waals surface area contributed by atoms with Crippen LogP contribution in [0.2, 0.25) is 0 Å². The van der Waals surface area contributed by atoms with Crippen LogP contribution in [-0.2, 0) is 4.79 Å². The van der Waals surface area contributed by atoms with Crippen LogP contribution < -0.4 is 5.32 Å². The molecule has 2 atom stereocenters. The number of aliphatic hydroxyl groups is 1. The fraction of sp³-hybridized carbons (Fsp3) is 0.562. The molecule has 2 unspecified atom stereocenters. The zero-order valence-corrected chi connectivity index (χ0v) is 11.8. The normalized spacial score (nSPS) is 23.1. The summed E-state index contributed by atoms with van der Waals surface area (Å²) in [4.78, 5) is 12.4. The van der Waals surface area contributed by atoms with Gasteiger partial charge in [-0.25, -0.2) is 0 Å². The van der Waals surface area contributed by atoms with Crippen molar-refractivity contribution in [2.75, 3.05) is 11.9 Å². The SMILES string of the molecule is Cc1ccc(NC(=O)C2CCCCC2CO)c(C)c1. The molecule has 1 fully saturated rings. The van der Waals surface area contributed by atoms with Crippen molar-refractivity contribution < 1.29 is 9.90 Å². The molecule has 1 aliphatic rings. The van der Waals surface area contributed by atoms with Gasteiger partial charge in [0.1, 0.15) is 0 Å². The molecule has 0 radical (unpaired) electrons. The maximum Gasteiger partial charge on any atom is 0.227 e. The van der Waals surface area contributed by atoms with E-state index < -0.39 is 0 Å². The van der Waals surface area contributed by atoms with E-state index in [4.69, 9.17) is 0 Å². The highest BCUT2D eigenvalue weighted by Crippen LogP contribution is 2.31. The molecular weight excluding hydrogens is 238 g/mol. The van der Waals surface area contributed by atoms with Crippen LogP contribution in [0.4, 0.5) is 5.69 Å². The third-order valence-corrected chi connectivity index (χ3v) is 4.12. The van der Waals surface area contributed by atoms with Gasteiger partial charge in [-0.1, -0.05) is 30.5 Å². The van der Waals surface area contributed by atoms with E-state index in [0.717, 1.165) is 36.9 Å². The first kappa shape index (κ1) is 14.1. The monoisotopic (exact) mass is 261 g/mol. The van der Waals surface area contributed by atoms with Gasteiger partial charge in [-0.2, -0.15) is 0 Å². The number of hydrogen-bond acceptors (Lipinski definition) is 2. The number of benzene rings is 1. The summed E-state index contributed by atoms with van der Waals surface area (Å²) in [6.07, 6.45) is 4.06. The first-order valence-electron chi connectivity index (χ1n) is 7.11. The van der Waals surface area contributed by atoms with Crippen LogP contribution in [0.15, 0.2) is 18.2 Å². The lowest BCUT2D eigenvalue weighted by molar-refractivity contribution is -0.123. The van der Waals surface area contributed by atoms with Gasteiger partial charge in [-0.05, 0) is 44.2 Å². The summed E-state index contributed by atoms with van der Waals surface area (Å²) >= 11 is 0. The summed E-state index contributed by atoms with van der Waals surface area (Å²) in [5.74, 6) is 0.143. The van der Waals surface area contributed by atoms with E-state index in [1.807, 2.05) is 26.0 Å². The fourth-order valence-electron chi connectivity index (χ4n) is 2.95. The molecule has 1 saturated carbocycles. The number of anilines is 1. The minimum absolute atomic E-state index is 0.0422. The van der Waals surface area contributed by atoms with Crippen molar-refractivity contribution >= 4 is 11.6 Å². The molecule has 3 heteroatoms. The number of hydrogen-bond donors (Lipinski definition) is 2. The van der Waals surface area contributed by atoms with E-state index >= 15 is 0 Å². The Balaban J connectivity index is 2.07. The molecule has 2 rings (SSSR count). The smallest absolute Gasteiger partial charge is 0.227 e. The van der Waals surface area contributed by atoms with Gasteiger partial charge in [0.2, 0.25) is 5.91 Å². The Morgan fingerprint density at radius 1 is 1.32 bits per heavy atom. The number of amides is 1. The van der Waals surface area contributed by atoms with Crippen LogP contribution in [0.1, 0.15) is 36.8 Å². The first-order valence-corrected chi connectivity index (χ1v) is 7.11. The molecule has 0 saturated heterocycles. The Labute approximate surface area is 115 Å². The van der Waals surface area contributed by atoms with E-state index in [0.29, 0.717) is 0 Å². The van der Waals surface area contributed by atoms with Crippen molar-refractivity contribution in [1.82, 2.24) is 0 Å². The second-order valence-corrected chi connectivity index (χ2v) is 5.64. The van der Waals surface area contributed by atoms with Crippen LogP contribution in [0.25, 0.3) is 0 Å². The summed E-state index contributed by atoms with van der Waals surface area (Å²) in [7, 11) is 0. The minimum atomic E-state index is -0.0422. The fourth-order valence-corrected chi connectivity index (χ4v) is 2.95. The van der Waals surface area contributed by atoms with E-state index in [1.54, 1.807) is 0 Å². The zero-order valence-electron chi connectivity index (χ0n) is 11.8. The molecule has 104 valence electrons. The number of rotatable bonds is 3. The predicted molar refractivity (Wildman–Crippen MR) is 77.1 cm³/mol. The summed E-state index contributed by atoms with van der Waals surface area (Å²) in [5.41, 5.74) is 3.17. The number of aryl methyl sites for hydroxylation is 2. The molecule has 1 aromatic carbocycles. The topological polar surface area (TPSA) is 49.3 Å². The van der Waals surface area contributed by atoms with Crippen molar-refractivity contribution in [3.05, 3.63) is 29.3 Å². The van der Waals surface area contributed by atoms with Crippen molar-refractivity contribution in [3.8, 4) is 0 Å². The maximum atomic E-state index is 12.4. The quantitative estimate of drug-likeness (QED) is 0.878. The van der Waals surface area contributed by atoms with Crippen molar-refractivity contribution in [2.45, 2.75) is 39.5 Å². The lowest BCUT2D eigenvalue weighted by Gasteiger charge is -2.29. The molecule has 3 nitrogen and oxygen atoms in total. The van der Waals surface area contributed by atoms with Crippen LogP contribution in [0.5, 0.6) is 0 Å². The summed E-state index contributed by atoms with van der Waals surface area (Å²) in [5, 5.41) is 12.4. The standard InChI is InChI=1S/C16H23NO2/c1-11-7-8-15(12(2)9-11)17-16(19)14-6-4-3-5-13(14)10-18/h7-9,13-14,18H,3-6,10H2,1-2H3,(H,17,19). The second kappa shape index (κ2) is 6.20. The average Bonchev–Trinajstić information content (AvgIpc) is 2.41. The van der Waals surface area contributed by atoms with Gasteiger partial charge < -0.3 is 10.4 Å². The molecule has 0 aromatic heterocycles. The molecule has 1 amide bonds. The lowest BCUT2D eigenvalue weighted by Crippen LogP contribution is -2.33. The van der Waals surface area contributed by atoms with Crippen LogP contribution in [-0.4, -0.2) is 17.6 Å². The molecule has 0 spiro atoms. The molecule has 0 aliphatic heterocycles. The Bertz CT molecular complexity index is 456. The molecule has 1 aromatic rings. The Morgan fingerprint density at radius 3 is 2.74 bits per heavy atom. The van der Waals surface area contributed by atoms with Crippen LogP contribution in [0.3, 0.4) is 0 Å². The van der Waals surface area contributed by atoms with E-state index in [2.05, 4.69) is 11.4 Å². The second-order valence-electron chi connectivity index (χ2n) is 5.64. The van der Waals surface area contributed by atoms with Gasteiger partial charge >= 0.3 is 0 Å². The third kappa shape index (κ3) is 3.35. The molecular formula is C16H23NO2.